The van der Waals surface area contributed by atoms with Crippen LogP contribution in [0.3, 0.4) is 0 Å². The molecule has 0 aliphatic heterocycles. The van der Waals surface area contributed by atoms with Crippen molar-refractivity contribution in [3.8, 4) is 0 Å². The van der Waals surface area contributed by atoms with Gasteiger partial charge in [-0.1, -0.05) is 19.2 Å². The van der Waals surface area contributed by atoms with Gasteiger partial charge in [0.1, 0.15) is 0 Å². The van der Waals surface area contributed by atoms with E-state index in [0.29, 0.717) is 0 Å². The van der Waals surface area contributed by atoms with Crippen molar-refractivity contribution in [2.75, 3.05) is 0 Å². The van der Waals surface area contributed by atoms with Gasteiger partial charge in [-0.3, -0.25) is 0 Å². The molecule has 0 radical (unpaired) electrons. The van der Waals surface area contributed by atoms with Gasteiger partial charge in [0.2, 0.25) is 0 Å². The third kappa shape index (κ3) is 2.85. The number of allylic oxidation sites excluding steroid dienone is 3. The Kier molecular flexibility index (Phi) is 3.39. The van der Waals surface area contributed by atoms with Gasteiger partial charge in [0.05, 0.1) is 4.91 Å². The number of hydrogen-bond donors (Lipinski definition) is 0. The molecule has 0 aliphatic carbocycles. The van der Waals surface area contributed by atoms with E-state index < -0.39 is 9.05 Å². The van der Waals surface area contributed by atoms with Crippen LogP contribution in [0.15, 0.2) is 36.3 Å². The van der Waals surface area contributed by atoms with Crippen molar-refractivity contribution in [2.45, 2.75) is 0 Å². The highest BCUT2D eigenvalue weighted by Crippen LogP contribution is 2.11. The predicted molar refractivity (Wildman–Crippen MR) is 43.2 cm³/mol. The van der Waals surface area contributed by atoms with Crippen LogP contribution in [-0.4, -0.2) is 8.42 Å². The molecule has 2 nitrogen and oxygen atoms in total. The molecular weight excluding hydrogens is 172 g/mol. The first-order valence-corrected chi connectivity index (χ1v) is 4.73. The van der Waals surface area contributed by atoms with Gasteiger partial charge in [0.15, 0.2) is 0 Å². The maximum absolute atomic E-state index is 10.5. The first kappa shape index (κ1) is 9.46. The lowest BCUT2D eigenvalue weighted by Gasteiger charge is -1.90. The molecule has 0 aliphatic rings. The second kappa shape index (κ2) is 3.58. The van der Waals surface area contributed by atoms with E-state index in [1.807, 2.05) is 0 Å². The lowest BCUT2D eigenvalue weighted by molar-refractivity contribution is 0.615. The molecule has 0 aromatic heterocycles. The van der Waals surface area contributed by atoms with E-state index in [-0.39, 0.29) is 4.91 Å². The molecular formula is C6H7ClO2S. The third-order valence-corrected chi connectivity index (χ3v) is 2.17. The van der Waals surface area contributed by atoms with Crippen LogP contribution in [-0.2, 0) is 9.05 Å². The second-order valence-corrected chi connectivity index (χ2v) is 4.01. The highest BCUT2D eigenvalue weighted by molar-refractivity contribution is 8.17. The van der Waals surface area contributed by atoms with Crippen molar-refractivity contribution in [2.24, 2.45) is 0 Å². The first-order chi connectivity index (χ1) is 4.52. The van der Waals surface area contributed by atoms with Crippen LogP contribution in [0, 0.1) is 0 Å². The molecule has 0 heterocycles. The van der Waals surface area contributed by atoms with Crippen LogP contribution < -0.4 is 0 Å². The van der Waals surface area contributed by atoms with Crippen LogP contribution in [0.1, 0.15) is 0 Å². The average molecular weight is 179 g/mol. The van der Waals surface area contributed by atoms with Crippen LogP contribution in [0.5, 0.6) is 0 Å². The minimum absolute atomic E-state index is 0.0378. The molecule has 0 bridgehead atoms. The maximum atomic E-state index is 10.5. The first-order valence-electron chi connectivity index (χ1n) is 2.42. The summed E-state index contributed by atoms with van der Waals surface area (Å²) >= 11 is 0. The number of rotatable bonds is 3. The molecule has 0 fully saturated rings. The van der Waals surface area contributed by atoms with E-state index in [1.54, 1.807) is 0 Å². The summed E-state index contributed by atoms with van der Waals surface area (Å²) in [6, 6.07) is 0. The molecule has 0 amide bonds. The zero-order valence-electron chi connectivity index (χ0n) is 5.25. The highest BCUT2D eigenvalue weighted by Gasteiger charge is 2.07. The topological polar surface area (TPSA) is 34.1 Å². The molecule has 0 unspecified atom stereocenters. The predicted octanol–water partition coefficient (Wildman–Crippen LogP) is 1.81. The summed E-state index contributed by atoms with van der Waals surface area (Å²) in [6.07, 6.45) is 3.76. The maximum Gasteiger partial charge on any atom is 0.261 e. The fourth-order valence-corrected chi connectivity index (χ4v) is 1.17. The molecule has 10 heavy (non-hydrogen) atoms. The molecule has 0 saturated heterocycles. The Labute approximate surface area is 64.9 Å². The lowest BCUT2D eigenvalue weighted by atomic mass is 10.5. The van der Waals surface area contributed by atoms with E-state index in [1.165, 1.54) is 12.2 Å². The van der Waals surface area contributed by atoms with Gasteiger partial charge in [-0.05, 0) is 12.2 Å². The minimum Gasteiger partial charge on any atom is -0.207 e. The van der Waals surface area contributed by atoms with Gasteiger partial charge in [0.25, 0.3) is 9.05 Å². The van der Waals surface area contributed by atoms with Gasteiger partial charge in [-0.25, -0.2) is 8.42 Å². The van der Waals surface area contributed by atoms with E-state index in [0.717, 1.165) is 6.08 Å². The van der Waals surface area contributed by atoms with Crippen molar-refractivity contribution in [3.63, 3.8) is 0 Å². The second-order valence-electron chi connectivity index (χ2n) is 1.45. The summed E-state index contributed by atoms with van der Waals surface area (Å²) in [6.45, 7) is 6.58. The highest BCUT2D eigenvalue weighted by atomic mass is 35.7. The van der Waals surface area contributed by atoms with Crippen molar-refractivity contribution in [3.05, 3.63) is 36.3 Å². The molecule has 0 aromatic rings. The largest absolute Gasteiger partial charge is 0.261 e. The summed E-state index contributed by atoms with van der Waals surface area (Å²) in [4.78, 5) is -0.0378. The molecule has 0 N–H and O–H groups in total. The lowest BCUT2D eigenvalue weighted by Crippen LogP contribution is -1.89. The molecule has 0 rings (SSSR count). The van der Waals surface area contributed by atoms with E-state index >= 15 is 0 Å². The Hall–Kier alpha value is -0.540. The Bertz CT molecular complexity index is 261. The quantitative estimate of drug-likeness (QED) is 0.488. The summed E-state index contributed by atoms with van der Waals surface area (Å²) in [5.74, 6) is 0. The third-order valence-electron chi connectivity index (χ3n) is 0.765. The van der Waals surface area contributed by atoms with Crippen molar-refractivity contribution >= 4 is 19.7 Å². The number of halogens is 1. The van der Waals surface area contributed by atoms with Crippen LogP contribution >= 0.6 is 10.7 Å². The molecule has 0 saturated carbocycles. The normalized spacial score (nSPS) is 12.7. The van der Waals surface area contributed by atoms with Crippen molar-refractivity contribution < 1.29 is 8.42 Å². The van der Waals surface area contributed by atoms with Gasteiger partial charge in [0, 0.05) is 10.7 Å². The Morgan fingerprint density at radius 2 is 1.90 bits per heavy atom. The van der Waals surface area contributed by atoms with Gasteiger partial charge in [-0.15, -0.1) is 0 Å². The van der Waals surface area contributed by atoms with E-state index in [2.05, 4.69) is 13.2 Å². The molecule has 0 aromatic carbocycles. The average Bonchev–Trinajstić information content (AvgIpc) is 1.80. The fraction of sp³-hybridized carbons (Fsp3) is 0. The molecule has 0 spiro atoms. The van der Waals surface area contributed by atoms with Gasteiger partial charge < -0.3 is 0 Å². The molecule has 56 valence electrons. The zero-order valence-corrected chi connectivity index (χ0v) is 6.82. The smallest absolute Gasteiger partial charge is 0.207 e. The Morgan fingerprint density at radius 3 is 2.00 bits per heavy atom. The Morgan fingerprint density at radius 1 is 1.40 bits per heavy atom. The molecule has 4 heteroatoms. The Balaban J connectivity index is 4.89. The fourth-order valence-electron chi connectivity index (χ4n) is 0.365. The van der Waals surface area contributed by atoms with Crippen LogP contribution in [0.4, 0.5) is 0 Å². The van der Waals surface area contributed by atoms with Crippen LogP contribution in [0.25, 0.3) is 0 Å². The van der Waals surface area contributed by atoms with Crippen molar-refractivity contribution in [1.29, 1.82) is 0 Å². The summed E-state index contributed by atoms with van der Waals surface area (Å²) < 4.78 is 21.1. The molecule has 0 atom stereocenters. The van der Waals surface area contributed by atoms with E-state index in [4.69, 9.17) is 10.7 Å². The monoisotopic (exact) mass is 178 g/mol. The van der Waals surface area contributed by atoms with Gasteiger partial charge in [-0.2, -0.15) is 0 Å². The standard InChI is InChI=1S/C6H7ClO2S/c1-3-5-6(4-2)10(7,8)9/h3-5H,1-2H2. The van der Waals surface area contributed by atoms with Crippen molar-refractivity contribution in [1.82, 2.24) is 0 Å². The van der Waals surface area contributed by atoms with Crippen LogP contribution in [0.2, 0.25) is 0 Å². The minimum atomic E-state index is -3.63. The SMILES string of the molecule is C=CC=C(C=C)S(=O)(=O)Cl. The van der Waals surface area contributed by atoms with Gasteiger partial charge >= 0.3 is 0 Å². The summed E-state index contributed by atoms with van der Waals surface area (Å²) in [7, 11) is 1.33. The summed E-state index contributed by atoms with van der Waals surface area (Å²) in [5, 5.41) is 0. The summed E-state index contributed by atoms with van der Waals surface area (Å²) in [5.41, 5.74) is 0. The number of hydrogen-bond acceptors (Lipinski definition) is 2. The zero-order chi connectivity index (χ0) is 8.20. The van der Waals surface area contributed by atoms with E-state index in [9.17, 15) is 8.42 Å².